The molecular formula is C49H57N7O7S. The highest BCUT2D eigenvalue weighted by atomic mass is 32.2. The van der Waals surface area contributed by atoms with Crippen LogP contribution in [-0.2, 0) is 10.0 Å². The number of nitro benzene ring substituents is 1. The summed E-state index contributed by atoms with van der Waals surface area (Å²) < 4.78 is 36.0. The molecule has 2 aromatic heterocycles. The van der Waals surface area contributed by atoms with Crippen LogP contribution < -0.4 is 19.7 Å². The molecule has 3 saturated carbocycles. The van der Waals surface area contributed by atoms with Gasteiger partial charge in [-0.1, -0.05) is 24.3 Å². The molecule has 5 aliphatic rings. The molecule has 64 heavy (non-hydrogen) atoms. The number of hydrogen-bond donors (Lipinski definition) is 4. The van der Waals surface area contributed by atoms with Crippen LogP contribution in [-0.4, -0.2) is 77.0 Å². The predicted octanol–water partition coefficient (Wildman–Crippen LogP) is 9.20. The zero-order chi connectivity index (χ0) is 44.2. The molecule has 3 aromatic carbocycles. The molecule has 2 saturated heterocycles. The Morgan fingerprint density at radius 2 is 1.72 bits per heavy atom. The normalized spacial score (nSPS) is 23.8. The first kappa shape index (κ1) is 42.4. The molecule has 10 rings (SSSR count). The summed E-state index contributed by atoms with van der Waals surface area (Å²) >= 11 is 0. The van der Waals surface area contributed by atoms with E-state index in [1.807, 2.05) is 19.1 Å². The minimum atomic E-state index is -4.56. The van der Waals surface area contributed by atoms with Gasteiger partial charge in [-0.25, -0.2) is 18.1 Å². The van der Waals surface area contributed by atoms with E-state index in [-0.39, 0.29) is 22.9 Å². The molecular weight excluding hydrogens is 831 g/mol. The molecule has 0 radical (unpaired) electrons. The van der Waals surface area contributed by atoms with Crippen LogP contribution in [0.5, 0.6) is 11.5 Å². The SMILES string of the molecule is CC1(O)CCC(CNc2ccc(S(=O)(=O)NC(=O)c3ccc(N4CCC5(CC4)CC(N4CCC[C@H]4c4ccccc4C4CC4)C5)cc3Oc3cnc4[nH]ccc4c3)cc2[N+](=O)[O-])CC1. The van der Waals surface area contributed by atoms with E-state index in [9.17, 15) is 28.4 Å². The third-order valence-electron chi connectivity index (χ3n) is 14.9. The number of piperidine rings is 1. The van der Waals surface area contributed by atoms with Crippen LogP contribution in [0.3, 0.4) is 0 Å². The maximum absolute atomic E-state index is 14.0. The van der Waals surface area contributed by atoms with Crippen molar-refractivity contribution in [3.8, 4) is 11.5 Å². The van der Waals surface area contributed by atoms with E-state index in [1.165, 1.54) is 57.2 Å². The zero-order valence-corrected chi connectivity index (χ0v) is 37.1. The fourth-order valence-corrected chi connectivity index (χ4v) is 12.0. The van der Waals surface area contributed by atoms with Gasteiger partial charge >= 0.3 is 0 Å². The number of likely N-dealkylation sites (tertiary alicyclic amines) is 1. The first-order valence-corrected chi connectivity index (χ1v) is 24.5. The van der Waals surface area contributed by atoms with Crippen LogP contribution in [0.2, 0.25) is 0 Å². The number of aliphatic hydroxyl groups is 1. The van der Waals surface area contributed by atoms with Crippen LogP contribution in [0.25, 0.3) is 11.0 Å². The van der Waals surface area contributed by atoms with Crippen molar-refractivity contribution in [1.29, 1.82) is 0 Å². The lowest BCUT2D eigenvalue weighted by atomic mass is 9.59. The van der Waals surface area contributed by atoms with Crippen molar-refractivity contribution in [2.75, 3.05) is 36.4 Å². The van der Waals surface area contributed by atoms with Gasteiger partial charge < -0.3 is 25.0 Å². The average Bonchev–Trinajstić information content (AvgIpc) is 3.82. The maximum Gasteiger partial charge on any atom is 0.293 e. The quantitative estimate of drug-likeness (QED) is 0.0653. The van der Waals surface area contributed by atoms with E-state index in [2.05, 4.69) is 54.1 Å². The topological polar surface area (TPSA) is 183 Å². The van der Waals surface area contributed by atoms with Gasteiger partial charge in [-0.15, -0.1) is 0 Å². The van der Waals surface area contributed by atoms with Gasteiger partial charge in [0.1, 0.15) is 22.8 Å². The Morgan fingerprint density at radius 3 is 2.47 bits per heavy atom. The summed E-state index contributed by atoms with van der Waals surface area (Å²) in [5, 5.41) is 26.4. The lowest BCUT2D eigenvalue weighted by Crippen LogP contribution is -2.54. The van der Waals surface area contributed by atoms with E-state index in [4.69, 9.17) is 4.74 Å². The Morgan fingerprint density at radius 1 is 0.953 bits per heavy atom. The lowest BCUT2D eigenvalue weighted by Gasteiger charge is -2.56. The van der Waals surface area contributed by atoms with Gasteiger partial charge in [0.05, 0.1) is 27.2 Å². The maximum atomic E-state index is 14.0. The molecule has 5 aromatic rings. The monoisotopic (exact) mass is 887 g/mol. The molecule has 3 aliphatic carbocycles. The smallest absolute Gasteiger partial charge is 0.293 e. The van der Waals surface area contributed by atoms with Gasteiger partial charge in [0, 0.05) is 61.1 Å². The second-order valence-corrected chi connectivity index (χ2v) is 21.1. The number of nitrogens with zero attached hydrogens (tertiary/aromatic N) is 4. The van der Waals surface area contributed by atoms with Crippen LogP contribution in [0.4, 0.5) is 17.1 Å². The number of H-pyrrole nitrogens is 1. The fraction of sp³-hybridized carbons (Fsp3) is 0.469. The standard InChI is InChI=1S/C49H57N7O7S/c1-48(58)17-14-32(15-18-48)30-51-42-13-11-38(27-44(42)56(59)60)64(61,62)53-47(57)41-12-10-35(26-45(41)63-37-25-34-16-21-50-46(34)52-31-37)54-23-19-49(20-24-54)28-36(29-49)55-22-4-7-43(55)40-6-3-2-5-39(40)33-8-9-33/h2-3,5-6,10-13,16,21,25-27,31-33,36,43,51,58H,4,7-9,14-15,17-20,22-24,28-30H2,1H3,(H,50,52)(H,53,57)/t32?,43-,48?/m0/s1. The number of nitrogens with one attached hydrogen (secondary N) is 3. The van der Waals surface area contributed by atoms with Gasteiger partial charge in [-0.2, -0.15) is 0 Å². The van der Waals surface area contributed by atoms with Crippen molar-refractivity contribution in [3.05, 3.63) is 112 Å². The molecule has 5 fully saturated rings. The van der Waals surface area contributed by atoms with Gasteiger partial charge in [0.2, 0.25) is 0 Å². The third kappa shape index (κ3) is 8.69. The van der Waals surface area contributed by atoms with Gasteiger partial charge in [-0.05, 0) is 155 Å². The molecule has 4 heterocycles. The van der Waals surface area contributed by atoms with Crippen LogP contribution in [0.15, 0.2) is 90.1 Å². The first-order valence-electron chi connectivity index (χ1n) is 23.0. The van der Waals surface area contributed by atoms with Gasteiger partial charge in [0.15, 0.2) is 0 Å². The number of rotatable bonds is 13. The number of aromatic nitrogens is 2. The Kier molecular flexibility index (Phi) is 11.1. The number of benzene rings is 3. The summed E-state index contributed by atoms with van der Waals surface area (Å²) in [7, 11) is -4.56. The predicted molar refractivity (Wildman–Crippen MR) is 245 cm³/mol. The largest absolute Gasteiger partial charge is 0.455 e. The number of amides is 1. The lowest BCUT2D eigenvalue weighted by molar-refractivity contribution is -0.384. The molecule has 4 N–H and O–H groups in total. The molecule has 1 amide bonds. The Balaban J connectivity index is 0.833. The molecule has 15 heteroatoms. The summed E-state index contributed by atoms with van der Waals surface area (Å²) in [6, 6.07) is 22.7. The molecule has 1 atom stereocenters. The number of nitro groups is 1. The van der Waals surface area contributed by atoms with Crippen LogP contribution >= 0.6 is 0 Å². The van der Waals surface area contributed by atoms with Crippen LogP contribution in [0.1, 0.15) is 117 Å². The molecule has 2 aliphatic heterocycles. The number of sulfonamides is 1. The summed E-state index contributed by atoms with van der Waals surface area (Å²) in [5.74, 6) is 0.548. The summed E-state index contributed by atoms with van der Waals surface area (Å²) in [6.07, 6.45) is 15.8. The molecule has 0 bridgehead atoms. The fourth-order valence-electron chi connectivity index (χ4n) is 11.0. The summed E-state index contributed by atoms with van der Waals surface area (Å²) in [5.41, 5.74) is 4.03. The van der Waals surface area contributed by atoms with E-state index < -0.39 is 37.0 Å². The summed E-state index contributed by atoms with van der Waals surface area (Å²) in [6.45, 7) is 5.13. The minimum absolute atomic E-state index is 0.0144. The molecule has 14 nitrogen and oxygen atoms in total. The number of anilines is 2. The Hall–Kier alpha value is -5.51. The van der Waals surface area contributed by atoms with E-state index in [0.29, 0.717) is 48.3 Å². The summed E-state index contributed by atoms with van der Waals surface area (Å²) in [4.78, 5) is 37.7. The number of carbonyl (C=O) groups excluding carboxylic acids is 1. The van der Waals surface area contributed by atoms with Crippen molar-refractivity contribution >= 4 is 44.0 Å². The van der Waals surface area contributed by atoms with Gasteiger partial charge in [-0.3, -0.25) is 19.8 Å². The number of fused-ring (bicyclic) bond motifs is 1. The second-order valence-electron chi connectivity index (χ2n) is 19.4. The van der Waals surface area contributed by atoms with Crippen molar-refractivity contribution < 1.29 is 28.0 Å². The number of aromatic amines is 1. The number of hydrogen-bond acceptors (Lipinski definition) is 11. The number of pyridine rings is 1. The molecule has 336 valence electrons. The van der Waals surface area contributed by atoms with Crippen molar-refractivity contribution in [3.63, 3.8) is 0 Å². The minimum Gasteiger partial charge on any atom is -0.455 e. The average molecular weight is 888 g/mol. The third-order valence-corrected chi connectivity index (χ3v) is 16.3. The van der Waals surface area contributed by atoms with E-state index in [1.54, 1.807) is 41.7 Å². The number of carbonyl (C=O) groups is 1. The Labute approximate surface area is 374 Å². The van der Waals surface area contributed by atoms with Gasteiger partial charge in [0.25, 0.3) is 21.6 Å². The van der Waals surface area contributed by atoms with Crippen molar-refractivity contribution in [1.82, 2.24) is 19.6 Å². The van der Waals surface area contributed by atoms with Crippen molar-refractivity contribution in [2.45, 2.75) is 112 Å². The highest BCUT2D eigenvalue weighted by Gasteiger charge is 2.50. The van der Waals surface area contributed by atoms with E-state index >= 15 is 0 Å². The highest BCUT2D eigenvalue weighted by molar-refractivity contribution is 7.90. The first-order chi connectivity index (χ1) is 30.8. The molecule has 0 unspecified atom stereocenters. The Bertz CT molecular complexity index is 2670. The number of ether oxygens (including phenoxy) is 1. The zero-order valence-electron chi connectivity index (χ0n) is 36.3. The van der Waals surface area contributed by atoms with E-state index in [0.717, 1.165) is 61.8 Å². The van der Waals surface area contributed by atoms with Crippen molar-refractivity contribution in [2.24, 2.45) is 11.3 Å². The molecule has 1 spiro atoms. The highest BCUT2D eigenvalue weighted by Crippen LogP contribution is 2.55. The van der Waals surface area contributed by atoms with Crippen LogP contribution in [0, 0.1) is 21.4 Å². The second kappa shape index (κ2) is 16.8.